The molecule has 0 aliphatic heterocycles. The fraction of sp³-hybridized carbons (Fsp3) is 0.222. The van der Waals surface area contributed by atoms with Crippen molar-refractivity contribution in [1.82, 2.24) is 5.73 Å². The molecule has 3 nitrogen and oxygen atoms in total. The van der Waals surface area contributed by atoms with Crippen LogP contribution < -0.4 is 10.5 Å². The van der Waals surface area contributed by atoms with Crippen LogP contribution in [0.25, 0.3) is 0 Å². The number of ether oxygens (including phenoxy) is 1. The molecule has 0 bridgehead atoms. The van der Waals surface area contributed by atoms with Gasteiger partial charge in [-0.2, -0.15) is 0 Å². The van der Waals surface area contributed by atoms with E-state index >= 15 is 0 Å². The third-order valence-electron chi connectivity index (χ3n) is 1.43. The molecule has 12 heavy (non-hydrogen) atoms. The van der Waals surface area contributed by atoms with Crippen LogP contribution in [0.1, 0.15) is 17.3 Å². The number of hydrogen-bond acceptors (Lipinski definition) is 2. The fourth-order valence-corrected chi connectivity index (χ4v) is 0.869. The van der Waals surface area contributed by atoms with Crippen molar-refractivity contribution in [3.63, 3.8) is 0 Å². The molecule has 1 N–H and O–H groups in total. The van der Waals surface area contributed by atoms with E-state index in [1.165, 1.54) is 0 Å². The molecule has 0 saturated heterocycles. The van der Waals surface area contributed by atoms with Crippen LogP contribution in [0.3, 0.4) is 0 Å². The first-order valence-electron chi connectivity index (χ1n) is 3.73. The third kappa shape index (κ3) is 1.99. The fourth-order valence-electron chi connectivity index (χ4n) is 0.869. The molecule has 3 heteroatoms. The molecule has 0 aliphatic rings. The van der Waals surface area contributed by atoms with Crippen molar-refractivity contribution in [3.05, 3.63) is 29.8 Å². The highest BCUT2D eigenvalue weighted by Gasteiger charge is 1.99. The Labute approximate surface area is 71.1 Å². The van der Waals surface area contributed by atoms with E-state index in [9.17, 15) is 4.79 Å². The Bertz CT molecular complexity index is 266. The molecule has 0 aliphatic carbocycles. The van der Waals surface area contributed by atoms with E-state index in [1.54, 1.807) is 24.3 Å². The predicted octanol–water partition coefficient (Wildman–Crippen LogP) is 1.51. The van der Waals surface area contributed by atoms with Gasteiger partial charge in [-0.3, -0.25) is 10.5 Å². The molecule has 63 valence electrons. The zero-order chi connectivity index (χ0) is 8.97. The van der Waals surface area contributed by atoms with Crippen molar-refractivity contribution in [2.24, 2.45) is 0 Å². The minimum atomic E-state index is -0.668. The maximum atomic E-state index is 10.5. The SMILES string of the molecule is CCOc1ccc(C([NH])=O)cc1. The quantitative estimate of drug-likeness (QED) is 0.679. The van der Waals surface area contributed by atoms with E-state index in [-0.39, 0.29) is 0 Å². The monoisotopic (exact) mass is 164 g/mol. The topological polar surface area (TPSA) is 50.1 Å². The molecule has 1 aromatic carbocycles. The standard InChI is InChI=1S/C9H10NO2/c1-2-12-8-5-3-7(4-6-8)9(10)11/h3-6,10H,2H2,1H3. The Morgan fingerprint density at radius 1 is 1.42 bits per heavy atom. The molecule has 1 rings (SSSR count). The number of carbonyl (C=O) groups excluding carboxylic acids is 1. The van der Waals surface area contributed by atoms with Crippen molar-refractivity contribution >= 4 is 5.91 Å². The van der Waals surface area contributed by atoms with Gasteiger partial charge in [0.05, 0.1) is 6.61 Å². The number of amides is 1. The summed E-state index contributed by atoms with van der Waals surface area (Å²) >= 11 is 0. The second-order valence-electron chi connectivity index (χ2n) is 2.29. The lowest BCUT2D eigenvalue weighted by Gasteiger charge is -2.01. The van der Waals surface area contributed by atoms with Gasteiger partial charge in [-0.1, -0.05) is 0 Å². The summed E-state index contributed by atoms with van der Waals surface area (Å²) in [5, 5.41) is 0. The molecule has 1 aromatic rings. The van der Waals surface area contributed by atoms with Crippen LogP contribution in [0.2, 0.25) is 0 Å². The first-order chi connectivity index (χ1) is 5.74. The Morgan fingerprint density at radius 3 is 2.42 bits per heavy atom. The van der Waals surface area contributed by atoms with Gasteiger partial charge in [-0.05, 0) is 31.2 Å². The van der Waals surface area contributed by atoms with Gasteiger partial charge >= 0.3 is 0 Å². The molecule has 0 aromatic heterocycles. The molecular formula is C9H10NO2. The summed E-state index contributed by atoms with van der Waals surface area (Å²) in [6, 6.07) is 6.54. The van der Waals surface area contributed by atoms with E-state index in [0.717, 1.165) is 5.75 Å². The number of benzene rings is 1. The van der Waals surface area contributed by atoms with Crippen molar-refractivity contribution in [1.29, 1.82) is 0 Å². The largest absolute Gasteiger partial charge is 0.494 e. The summed E-state index contributed by atoms with van der Waals surface area (Å²) in [5.41, 5.74) is 7.20. The van der Waals surface area contributed by atoms with Crippen molar-refractivity contribution in [3.8, 4) is 5.75 Å². The Hall–Kier alpha value is -1.51. The lowest BCUT2D eigenvalue weighted by atomic mass is 10.2. The van der Waals surface area contributed by atoms with Gasteiger partial charge < -0.3 is 4.74 Å². The maximum Gasteiger partial charge on any atom is 0.269 e. The average Bonchev–Trinajstić information content (AvgIpc) is 2.06. The first-order valence-corrected chi connectivity index (χ1v) is 3.73. The highest BCUT2D eigenvalue weighted by atomic mass is 16.5. The van der Waals surface area contributed by atoms with Gasteiger partial charge in [0.15, 0.2) is 0 Å². The Morgan fingerprint density at radius 2 is 2.00 bits per heavy atom. The van der Waals surface area contributed by atoms with E-state index in [1.807, 2.05) is 6.92 Å². The van der Waals surface area contributed by atoms with Crippen molar-refractivity contribution in [2.75, 3.05) is 6.61 Å². The highest BCUT2D eigenvalue weighted by molar-refractivity contribution is 5.92. The molecule has 1 amide bonds. The third-order valence-corrected chi connectivity index (χ3v) is 1.43. The summed E-state index contributed by atoms with van der Waals surface area (Å²) in [6.07, 6.45) is 0. The van der Waals surface area contributed by atoms with E-state index in [2.05, 4.69) is 0 Å². The average molecular weight is 164 g/mol. The van der Waals surface area contributed by atoms with Gasteiger partial charge in [0.2, 0.25) is 0 Å². The number of rotatable bonds is 3. The second kappa shape index (κ2) is 3.76. The van der Waals surface area contributed by atoms with Gasteiger partial charge in [0.25, 0.3) is 5.91 Å². The number of carbonyl (C=O) groups is 1. The molecule has 1 radical (unpaired) electrons. The van der Waals surface area contributed by atoms with Crippen molar-refractivity contribution in [2.45, 2.75) is 6.92 Å². The van der Waals surface area contributed by atoms with Gasteiger partial charge in [-0.25, -0.2) is 0 Å². The van der Waals surface area contributed by atoms with Gasteiger partial charge in [0, 0.05) is 5.56 Å². The molecule has 0 atom stereocenters. The van der Waals surface area contributed by atoms with Gasteiger partial charge in [-0.15, -0.1) is 0 Å². The van der Waals surface area contributed by atoms with Crippen LogP contribution in [0, 0.1) is 0 Å². The lowest BCUT2D eigenvalue weighted by Crippen LogP contribution is -1.98. The number of nitrogens with one attached hydrogen (secondary N) is 1. The van der Waals surface area contributed by atoms with Crippen LogP contribution in [-0.2, 0) is 0 Å². The van der Waals surface area contributed by atoms with E-state index < -0.39 is 5.91 Å². The molecule has 0 spiro atoms. The summed E-state index contributed by atoms with van der Waals surface area (Å²) in [4.78, 5) is 10.5. The lowest BCUT2D eigenvalue weighted by molar-refractivity contribution is 0.0992. The summed E-state index contributed by atoms with van der Waals surface area (Å²) in [5.74, 6) is 0.0561. The highest BCUT2D eigenvalue weighted by Crippen LogP contribution is 2.11. The maximum absolute atomic E-state index is 10.5. The molecule has 0 fully saturated rings. The van der Waals surface area contributed by atoms with E-state index in [4.69, 9.17) is 10.5 Å². The van der Waals surface area contributed by atoms with Crippen LogP contribution in [0.4, 0.5) is 0 Å². The van der Waals surface area contributed by atoms with Crippen LogP contribution in [0.15, 0.2) is 24.3 Å². The first kappa shape index (κ1) is 8.59. The Balaban J connectivity index is 2.78. The molecule has 0 unspecified atom stereocenters. The summed E-state index contributed by atoms with van der Waals surface area (Å²) in [7, 11) is 0. The molecule has 0 heterocycles. The van der Waals surface area contributed by atoms with Crippen molar-refractivity contribution < 1.29 is 9.53 Å². The van der Waals surface area contributed by atoms with Crippen LogP contribution >= 0.6 is 0 Å². The summed E-state index contributed by atoms with van der Waals surface area (Å²) in [6.45, 7) is 2.50. The second-order valence-corrected chi connectivity index (χ2v) is 2.29. The van der Waals surface area contributed by atoms with E-state index in [0.29, 0.717) is 12.2 Å². The predicted molar refractivity (Wildman–Crippen MR) is 45.0 cm³/mol. The minimum absolute atomic E-state index is 0.387. The normalized spacial score (nSPS) is 9.42. The smallest absolute Gasteiger partial charge is 0.269 e. The summed E-state index contributed by atoms with van der Waals surface area (Å²) < 4.78 is 5.17. The number of hydrogen-bond donors (Lipinski definition) is 0. The minimum Gasteiger partial charge on any atom is -0.494 e. The Kier molecular flexibility index (Phi) is 2.69. The van der Waals surface area contributed by atoms with Gasteiger partial charge in [0.1, 0.15) is 5.75 Å². The zero-order valence-electron chi connectivity index (χ0n) is 6.83. The van der Waals surface area contributed by atoms with Crippen LogP contribution in [-0.4, -0.2) is 12.5 Å². The molecular weight excluding hydrogens is 154 g/mol. The molecule has 0 saturated carbocycles. The van der Waals surface area contributed by atoms with Crippen LogP contribution in [0.5, 0.6) is 5.75 Å². The zero-order valence-corrected chi connectivity index (χ0v) is 6.83.